The van der Waals surface area contributed by atoms with Crippen LogP contribution in [-0.2, 0) is 24.2 Å². The van der Waals surface area contributed by atoms with Gasteiger partial charge in [-0.3, -0.25) is 4.79 Å². The van der Waals surface area contributed by atoms with Crippen molar-refractivity contribution < 1.29 is 23.7 Å². The van der Waals surface area contributed by atoms with Crippen LogP contribution in [0, 0.1) is 0 Å². The second-order valence-electron chi connectivity index (χ2n) is 7.36. The van der Waals surface area contributed by atoms with Gasteiger partial charge in [-0.2, -0.15) is 0 Å². The summed E-state index contributed by atoms with van der Waals surface area (Å²) in [6.07, 6.45) is 4.67. The van der Waals surface area contributed by atoms with Gasteiger partial charge in [0.2, 0.25) is 5.75 Å². The minimum Gasteiger partial charge on any atom is -0.493 e. The first-order valence-corrected chi connectivity index (χ1v) is 10.4. The van der Waals surface area contributed by atoms with E-state index in [-0.39, 0.29) is 5.91 Å². The van der Waals surface area contributed by atoms with Gasteiger partial charge in [-0.25, -0.2) is 0 Å². The van der Waals surface area contributed by atoms with Crippen LogP contribution in [0.3, 0.4) is 0 Å². The van der Waals surface area contributed by atoms with Crippen LogP contribution < -0.4 is 24.3 Å². The molecule has 0 heterocycles. The van der Waals surface area contributed by atoms with Crippen molar-refractivity contribution >= 4 is 5.91 Å². The summed E-state index contributed by atoms with van der Waals surface area (Å²) in [6, 6.07) is 9.83. The molecule has 0 aromatic heterocycles. The maximum Gasteiger partial charge on any atom is 0.261 e. The molecule has 1 amide bonds. The number of hydrogen-bond donors (Lipinski definition) is 1. The summed E-state index contributed by atoms with van der Waals surface area (Å²) in [5.74, 6) is 2.21. The quantitative estimate of drug-likeness (QED) is 0.671. The van der Waals surface area contributed by atoms with Gasteiger partial charge in [0.1, 0.15) is 5.75 Å². The Morgan fingerprint density at radius 1 is 0.967 bits per heavy atom. The molecule has 0 unspecified atom stereocenters. The zero-order chi connectivity index (χ0) is 21.5. The van der Waals surface area contributed by atoms with Gasteiger partial charge in [0.05, 0.1) is 21.3 Å². The first-order chi connectivity index (χ1) is 14.6. The number of carbonyl (C=O) groups excluding carboxylic acids is 1. The molecule has 0 spiro atoms. The van der Waals surface area contributed by atoms with Crippen molar-refractivity contribution in [3.05, 3.63) is 47.0 Å². The van der Waals surface area contributed by atoms with E-state index in [1.165, 1.54) is 24.0 Å². The second-order valence-corrected chi connectivity index (χ2v) is 7.36. The third-order valence-corrected chi connectivity index (χ3v) is 5.50. The number of rotatable bonds is 9. The van der Waals surface area contributed by atoms with E-state index in [1.807, 2.05) is 19.1 Å². The van der Waals surface area contributed by atoms with Crippen LogP contribution in [-0.4, -0.2) is 33.3 Å². The molecule has 0 fully saturated rings. The lowest BCUT2D eigenvalue weighted by Crippen LogP contribution is -2.37. The lowest BCUT2D eigenvalue weighted by Gasteiger charge is -2.21. The van der Waals surface area contributed by atoms with Crippen LogP contribution in [0.25, 0.3) is 0 Å². The highest BCUT2D eigenvalue weighted by Gasteiger charge is 2.21. The summed E-state index contributed by atoms with van der Waals surface area (Å²) in [5.41, 5.74) is 3.53. The van der Waals surface area contributed by atoms with Gasteiger partial charge < -0.3 is 24.3 Å². The molecule has 162 valence electrons. The zero-order valence-electron chi connectivity index (χ0n) is 18.2. The molecular formula is C24H31NO5. The van der Waals surface area contributed by atoms with Crippen LogP contribution in [0.15, 0.2) is 30.3 Å². The number of fused-ring (bicyclic) bond motifs is 1. The number of amides is 1. The molecule has 6 nitrogen and oxygen atoms in total. The number of ether oxygens (including phenoxy) is 4. The standard InChI is InChI=1S/C24H31NO5/c1-5-20(30-19-12-10-16-8-6-7-9-17(16)14-19)24(26)25-15-18-11-13-21(27-2)23(29-4)22(18)28-3/h10-14,20H,5-9,15H2,1-4H3,(H,25,26)/t20-/m1/s1. The van der Waals surface area contributed by atoms with E-state index in [0.29, 0.717) is 30.2 Å². The van der Waals surface area contributed by atoms with Gasteiger partial charge in [0, 0.05) is 12.1 Å². The molecule has 6 heteroatoms. The average Bonchev–Trinajstić information content (AvgIpc) is 2.79. The highest BCUT2D eigenvalue weighted by atomic mass is 16.5. The molecule has 0 bridgehead atoms. The van der Waals surface area contributed by atoms with Crippen molar-refractivity contribution in [2.75, 3.05) is 21.3 Å². The van der Waals surface area contributed by atoms with E-state index in [9.17, 15) is 4.79 Å². The minimum absolute atomic E-state index is 0.160. The van der Waals surface area contributed by atoms with E-state index < -0.39 is 6.10 Å². The van der Waals surface area contributed by atoms with Gasteiger partial charge in [-0.05, 0) is 67.5 Å². The van der Waals surface area contributed by atoms with Gasteiger partial charge in [-0.1, -0.05) is 13.0 Å². The molecule has 1 aliphatic rings. The van der Waals surface area contributed by atoms with E-state index in [4.69, 9.17) is 18.9 Å². The second kappa shape index (κ2) is 10.2. The van der Waals surface area contributed by atoms with Crippen molar-refractivity contribution in [1.82, 2.24) is 5.32 Å². The number of carbonyl (C=O) groups is 1. The minimum atomic E-state index is -0.558. The summed E-state index contributed by atoms with van der Waals surface area (Å²) >= 11 is 0. The largest absolute Gasteiger partial charge is 0.493 e. The van der Waals surface area contributed by atoms with Gasteiger partial charge >= 0.3 is 0 Å². The number of hydrogen-bond acceptors (Lipinski definition) is 5. The van der Waals surface area contributed by atoms with E-state index in [2.05, 4.69) is 17.4 Å². The van der Waals surface area contributed by atoms with Crippen LogP contribution >= 0.6 is 0 Å². The van der Waals surface area contributed by atoms with E-state index in [0.717, 1.165) is 24.2 Å². The van der Waals surface area contributed by atoms with Gasteiger partial charge in [0.15, 0.2) is 17.6 Å². The summed E-state index contributed by atoms with van der Waals surface area (Å²) < 4.78 is 22.2. The van der Waals surface area contributed by atoms with Crippen molar-refractivity contribution in [3.8, 4) is 23.0 Å². The Balaban J connectivity index is 1.67. The Kier molecular flexibility index (Phi) is 7.44. The highest BCUT2D eigenvalue weighted by molar-refractivity contribution is 5.81. The Morgan fingerprint density at radius 3 is 2.37 bits per heavy atom. The molecule has 1 N–H and O–H groups in total. The molecule has 2 aromatic carbocycles. The molecule has 0 saturated heterocycles. The summed E-state index contributed by atoms with van der Waals surface area (Å²) in [7, 11) is 4.70. The molecule has 0 saturated carbocycles. The summed E-state index contributed by atoms with van der Waals surface area (Å²) in [4.78, 5) is 12.8. The van der Waals surface area contributed by atoms with Gasteiger partial charge in [0.25, 0.3) is 5.91 Å². The van der Waals surface area contributed by atoms with Crippen molar-refractivity contribution in [3.63, 3.8) is 0 Å². The van der Waals surface area contributed by atoms with Crippen LogP contribution in [0.4, 0.5) is 0 Å². The Bertz CT molecular complexity index is 880. The number of aryl methyl sites for hydroxylation is 2. The Hall–Kier alpha value is -2.89. The summed E-state index contributed by atoms with van der Waals surface area (Å²) in [5, 5.41) is 2.96. The number of nitrogens with one attached hydrogen (secondary N) is 1. The normalized spacial score (nSPS) is 13.7. The zero-order valence-corrected chi connectivity index (χ0v) is 18.2. The summed E-state index contributed by atoms with van der Waals surface area (Å²) in [6.45, 7) is 2.24. The van der Waals surface area contributed by atoms with Crippen LogP contribution in [0.2, 0.25) is 0 Å². The predicted molar refractivity (Wildman–Crippen MR) is 116 cm³/mol. The molecular weight excluding hydrogens is 382 g/mol. The fraction of sp³-hybridized carbons (Fsp3) is 0.458. The molecule has 2 aromatic rings. The van der Waals surface area contributed by atoms with Crippen molar-refractivity contribution in [1.29, 1.82) is 0 Å². The molecule has 3 rings (SSSR count). The average molecular weight is 414 g/mol. The SMILES string of the molecule is CC[C@@H](Oc1ccc2c(c1)CCCC2)C(=O)NCc1ccc(OC)c(OC)c1OC. The predicted octanol–water partition coefficient (Wildman–Crippen LogP) is 4.07. The molecule has 1 atom stereocenters. The topological polar surface area (TPSA) is 66.0 Å². The lowest BCUT2D eigenvalue weighted by molar-refractivity contribution is -0.128. The fourth-order valence-electron chi connectivity index (χ4n) is 3.87. The Morgan fingerprint density at radius 2 is 1.70 bits per heavy atom. The molecule has 1 aliphatic carbocycles. The van der Waals surface area contributed by atoms with Crippen molar-refractivity contribution in [2.45, 2.75) is 51.7 Å². The van der Waals surface area contributed by atoms with E-state index >= 15 is 0 Å². The molecule has 0 radical (unpaired) electrons. The monoisotopic (exact) mass is 413 g/mol. The lowest BCUT2D eigenvalue weighted by atomic mass is 9.92. The van der Waals surface area contributed by atoms with Gasteiger partial charge in [-0.15, -0.1) is 0 Å². The number of methoxy groups -OCH3 is 3. The third-order valence-electron chi connectivity index (χ3n) is 5.50. The Labute approximate surface area is 178 Å². The van der Waals surface area contributed by atoms with Crippen LogP contribution in [0.1, 0.15) is 42.9 Å². The van der Waals surface area contributed by atoms with Crippen molar-refractivity contribution in [2.24, 2.45) is 0 Å². The molecule has 30 heavy (non-hydrogen) atoms. The fourth-order valence-corrected chi connectivity index (χ4v) is 3.87. The third kappa shape index (κ3) is 4.81. The maximum absolute atomic E-state index is 12.8. The smallest absolute Gasteiger partial charge is 0.261 e. The first-order valence-electron chi connectivity index (χ1n) is 10.4. The number of benzene rings is 2. The van der Waals surface area contributed by atoms with E-state index in [1.54, 1.807) is 27.4 Å². The molecule has 0 aliphatic heterocycles. The maximum atomic E-state index is 12.8. The highest BCUT2D eigenvalue weighted by Crippen LogP contribution is 2.39. The van der Waals surface area contributed by atoms with Crippen LogP contribution in [0.5, 0.6) is 23.0 Å². The first kappa shape index (κ1) is 21.8.